The summed E-state index contributed by atoms with van der Waals surface area (Å²) in [6, 6.07) is 5.64. The Hall–Kier alpha value is -1.26. The van der Waals surface area contributed by atoms with Crippen molar-refractivity contribution in [1.82, 2.24) is 0 Å². The highest BCUT2D eigenvalue weighted by Crippen LogP contribution is 2.46. The van der Waals surface area contributed by atoms with Gasteiger partial charge in [0.25, 0.3) is 0 Å². The summed E-state index contributed by atoms with van der Waals surface area (Å²) in [6.07, 6.45) is 3.04. The van der Waals surface area contributed by atoms with E-state index in [9.17, 15) is 5.11 Å². The van der Waals surface area contributed by atoms with Crippen molar-refractivity contribution in [3.8, 4) is 11.5 Å². The van der Waals surface area contributed by atoms with Gasteiger partial charge in [-0.05, 0) is 24.6 Å². The summed E-state index contributed by atoms with van der Waals surface area (Å²) < 4.78 is 17.2. The van der Waals surface area contributed by atoms with E-state index >= 15 is 0 Å². The number of rotatable bonds is 2. The molecule has 0 radical (unpaired) electrons. The first-order valence-electron chi connectivity index (χ1n) is 7.32. The Morgan fingerprint density at radius 2 is 2.25 bits per heavy atom. The maximum atomic E-state index is 10.5. The van der Waals surface area contributed by atoms with Crippen LogP contribution < -0.4 is 9.47 Å². The second-order valence-electron chi connectivity index (χ2n) is 5.76. The van der Waals surface area contributed by atoms with Crippen LogP contribution in [0.4, 0.5) is 0 Å². The Morgan fingerprint density at radius 3 is 3.00 bits per heavy atom. The van der Waals surface area contributed by atoms with Gasteiger partial charge in [-0.3, -0.25) is 0 Å². The van der Waals surface area contributed by atoms with Gasteiger partial charge < -0.3 is 19.3 Å². The minimum absolute atomic E-state index is 0.232. The fraction of sp³-hybridized carbons (Fsp3) is 0.625. The lowest BCUT2D eigenvalue weighted by Crippen LogP contribution is -2.48. The van der Waals surface area contributed by atoms with Crippen LogP contribution in [0, 0.1) is 0 Å². The Kier molecular flexibility index (Phi) is 3.61. The van der Waals surface area contributed by atoms with Crippen molar-refractivity contribution in [2.45, 2.75) is 50.4 Å². The van der Waals surface area contributed by atoms with Crippen molar-refractivity contribution < 1.29 is 19.3 Å². The lowest BCUT2D eigenvalue weighted by atomic mass is 9.80. The number of methoxy groups -OCH3 is 1. The molecule has 0 amide bonds. The molecule has 1 aromatic carbocycles. The van der Waals surface area contributed by atoms with Gasteiger partial charge in [0.1, 0.15) is 17.1 Å². The summed E-state index contributed by atoms with van der Waals surface area (Å²) in [5, 5.41) is 10.5. The van der Waals surface area contributed by atoms with Gasteiger partial charge in [0.15, 0.2) is 0 Å². The predicted molar refractivity (Wildman–Crippen MR) is 75.2 cm³/mol. The fourth-order valence-electron chi connectivity index (χ4n) is 3.27. The number of aliphatic hydroxyl groups is 1. The van der Waals surface area contributed by atoms with Gasteiger partial charge in [-0.2, -0.15) is 0 Å². The van der Waals surface area contributed by atoms with Crippen LogP contribution >= 0.6 is 0 Å². The van der Waals surface area contributed by atoms with Crippen LogP contribution in [-0.4, -0.2) is 30.5 Å². The van der Waals surface area contributed by atoms with Gasteiger partial charge in [0.05, 0.1) is 25.9 Å². The minimum Gasteiger partial charge on any atom is -0.497 e. The van der Waals surface area contributed by atoms with Crippen LogP contribution in [0.3, 0.4) is 0 Å². The monoisotopic (exact) mass is 278 g/mol. The first-order chi connectivity index (χ1) is 9.65. The minimum atomic E-state index is -0.496. The van der Waals surface area contributed by atoms with Crippen LogP contribution in [0.25, 0.3) is 0 Å². The highest BCUT2D eigenvalue weighted by molar-refractivity contribution is 5.43. The average Bonchev–Trinajstić information content (AvgIpc) is 2.47. The molecule has 3 unspecified atom stereocenters. The normalized spacial score (nSPS) is 32.5. The molecule has 0 aliphatic carbocycles. The number of aliphatic hydroxyl groups excluding tert-OH is 1. The number of hydrogen-bond acceptors (Lipinski definition) is 4. The van der Waals surface area contributed by atoms with Gasteiger partial charge >= 0.3 is 0 Å². The third-order valence-corrected chi connectivity index (χ3v) is 4.43. The molecule has 4 heteroatoms. The Bertz CT molecular complexity index is 487. The van der Waals surface area contributed by atoms with Crippen LogP contribution in [-0.2, 0) is 4.74 Å². The first kappa shape index (κ1) is 13.7. The molecule has 0 aromatic heterocycles. The molecule has 1 fully saturated rings. The second kappa shape index (κ2) is 5.26. The predicted octanol–water partition coefficient (Wildman–Crippen LogP) is 2.84. The number of fused-ring (bicyclic) bond motifs is 1. The molecule has 2 heterocycles. The molecule has 4 nitrogen and oxygen atoms in total. The molecule has 1 spiro atoms. The summed E-state index contributed by atoms with van der Waals surface area (Å²) in [5.74, 6) is 1.53. The Labute approximate surface area is 119 Å². The lowest BCUT2D eigenvalue weighted by Gasteiger charge is -2.45. The van der Waals surface area contributed by atoms with E-state index in [-0.39, 0.29) is 11.7 Å². The molecular formula is C16H22O4. The van der Waals surface area contributed by atoms with Crippen LogP contribution in [0.2, 0.25) is 0 Å². The fourth-order valence-corrected chi connectivity index (χ4v) is 3.27. The zero-order chi connectivity index (χ0) is 14.2. The summed E-state index contributed by atoms with van der Waals surface area (Å²) in [7, 11) is 1.63. The summed E-state index contributed by atoms with van der Waals surface area (Å²) >= 11 is 0. The zero-order valence-electron chi connectivity index (χ0n) is 12.1. The van der Waals surface area contributed by atoms with E-state index in [1.54, 1.807) is 7.11 Å². The lowest BCUT2D eigenvalue weighted by molar-refractivity contribution is -0.116. The number of ether oxygens (including phenoxy) is 3. The van der Waals surface area contributed by atoms with Gasteiger partial charge in [0, 0.05) is 24.8 Å². The van der Waals surface area contributed by atoms with Crippen molar-refractivity contribution in [1.29, 1.82) is 0 Å². The van der Waals surface area contributed by atoms with E-state index in [4.69, 9.17) is 14.2 Å². The van der Waals surface area contributed by atoms with E-state index in [0.29, 0.717) is 13.0 Å². The molecule has 0 saturated carbocycles. The topological polar surface area (TPSA) is 47.9 Å². The molecule has 3 rings (SSSR count). The van der Waals surface area contributed by atoms with Gasteiger partial charge in [-0.25, -0.2) is 0 Å². The second-order valence-corrected chi connectivity index (χ2v) is 5.76. The average molecular weight is 278 g/mol. The number of hydrogen-bond donors (Lipinski definition) is 1. The summed E-state index contributed by atoms with van der Waals surface area (Å²) in [4.78, 5) is 0. The SMILES string of the molecule is CCC1CC2(CCO1)CC(O)c1cc(OC)ccc1O2. The van der Waals surface area contributed by atoms with Gasteiger partial charge in [-0.1, -0.05) is 6.92 Å². The van der Waals surface area contributed by atoms with E-state index in [1.807, 2.05) is 18.2 Å². The van der Waals surface area contributed by atoms with Crippen molar-refractivity contribution in [2.75, 3.05) is 13.7 Å². The molecule has 1 N–H and O–H groups in total. The Morgan fingerprint density at radius 1 is 1.40 bits per heavy atom. The molecule has 2 aliphatic rings. The highest BCUT2D eigenvalue weighted by atomic mass is 16.5. The molecule has 1 saturated heterocycles. The standard InChI is InChI=1S/C16H22O4/c1-3-11-9-16(6-7-19-11)10-14(17)13-8-12(18-2)4-5-15(13)20-16/h4-5,8,11,14,17H,3,6-7,9-10H2,1-2H3. The molecule has 20 heavy (non-hydrogen) atoms. The van der Waals surface area contributed by atoms with E-state index in [1.165, 1.54) is 0 Å². The van der Waals surface area contributed by atoms with Crippen LogP contribution in [0.15, 0.2) is 18.2 Å². The smallest absolute Gasteiger partial charge is 0.126 e. The van der Waals surface area contributed by atoms with E-state index < -0.39 is 6.10 Å². The molecule has 2 aliphatic heterocycles. The molecular weight excluding hydrogens is 256 g/mol. The molecule has 1 aromatic rings. The number of benzene rings is 1. The van der Waals surface area contributed by atoms with Crippen molar-refractivity contribution in [2.24, 2.45) is 0 Å². The largest absolute Gasteiger partial charge is 0.497 e. The summed E-state index contributed by atoms with van der Waals surface area (Å²) in [5.41, 5.74) is 0.550. The van der Waals surface area contributed by atoms with Crippen molar-refractivity contribution >= 4 is 0 Å². The third-order valence-electron chi connectivity index (χ3n) is 4.43. The van der Waals surface area contributed by atoms with E-state index in [0.717, 1.165) is 36.3 Å². The van der Waals surface area contributed by atoms with Gasteiger partial charge in [0.2, 0.25) is 0 Å². The third kappa shape index (κ3) is 2.38. The van der Waals surface area contributed by atoms with Gasteiger partial charge in [-0.15, -0.1) is 0 Å². The summed E-state index contributed by atoms with van der Waals surface area (Å²) in [6.45, 7) is 2.83. The van der Waals surface area contributed by atoms with Crippen molar-refractivity contribution in [3.05, 3.63) is 23.8 Å². The maximum Gasteiger partial charge on any atom is 0.126 e. The molecule has 110 valence electrons. The maximum absolute atomic E-state index is 10.5. The first-order valence-corrected chi connectivity index (χ1v) is 7.32. The Balaban J connectivity index is 1.88. The van der Waals surface area contributed by atoms with Crippen LogP contribution in [0.1, 0.15) is 44.3 Å². The molecule has 3 atom stereocenters. The van der Waals surface area contributed by atoms with Crippen molar-refractivity contribution in [3.63, 3.8) is 0 Å². The van der Waals surface area contributed by atoms with E-state index in [2.05, 4.69) is 6.92 Å². The zero-order valence-corrected chi connectivity index (χ0v) is 12.1. The van der Waals surface area contributed by atoms with Crippen LogP contribution in [0.5, 0.6) is 11.5 Å². The highest BCUT2D eigenvalue weighted by Gasteiger charge is 2.44. The quantitative estimate of drug-likeness (QED) is 0.903. The molecule has 0 bridgehead atoms.